The summed E-state index contributed by atoms with van der Waals surface area (Å²) < 4.78 is 21.5. The molecule has 0 spiro atoms. The number of hydrogen-bond donors (Lipinski definition) is 0. The average Bonchev–Trinajstić information content (AvgIpc) is 2.41. The molecule has 0 saturated carbocycles. The van der Waals surface area contributed by atoms with Gasteiger partial charge in [-0.1, -0.05) is 0 Å². The third-order valence-corrected chi connectivity index (χ3v) is 2.63. The molecule has 0 unspecified atom stereocenters. The summed E-state index contributed by atoms with van der Waals surface area (Å²) in [5.41, 5.74) is 0. The van der Waals surface area contributed by atoms with Crippen molar-refractivity contribution >= 4 is 0 Å². The summed E-state index contributed by atoms with van der Waals surface area (Å²) in [6.45, 7) is 19.8. The van der Waals surface area contributed by atoms with Crippen LogP contribution >= 0.6 is 0 Å². The van der Waals surface area contributed by atoms with Crippen molar-refractivity contribution < 1.29 is 18.9 Å². The molecular formula is C19H42O4. The van der Waals surface area contributed by atoms with Crippen molar-refractivity contribution in [3.63, 3.8) is 0 Å². The smallest absolute Gasteiger partial charge is 0.0518 e. The number of unbranched alkanes of at least 4 members (excludes halogenated alkanes) is 1. The maximum Gasteiger partial charge on any atom is 0.0518 e. The van der Waals surface area contributed by atoms with Gasteiger partial charge >= 0.3 is 0 Å². The van der Waals surface area contributed by atoms with Gasteiger partial charge in [0.05, 0.1) is 24.4 Å². The maximum absolute atomic E-state index is 5.39. The van der Waals surface area contributed by atoms with Crippen molar-refractivity contribution in [1.29, 1.82) is 0 Å². The van der Waals surface area contributed by atoms with Crippen molar-refractivity contribution in [3.05, 3.63) is 0 Å². The molecule has 0 fully saturated rings. The second-order valence-corrected chi connectivity index (χ2v) is 6.74. The molecule has 0 heterocycles. The molecule has 4 heteroatoms. The van der Waals surface area contributed by atoms with Gasteiger partial charge in [0, 0.05) is 26.4 Å². The largest absolute Gasteiger partial charge is 0.379 e. The zero-order valence-corrected chi connectivity index (χ0v) is 16.9. The van der Waals surface area contributed by atoms with Crippen LogP contribution in [0.4, 0.5) is 0 Å². The molecule has 0 aliphatic rings. The summed E-state index contributed by atoms with van der Waals surface area (Å²) in [6.07, 6.45) is 4.60. The van der Waals surface area contributed by atoms with E-state index in [1.165, 1.54) is 0 Å². The van der Waals surface area contributed by atoms with E-state index >= 15 is 0 Å². The van der Waals surface area contributed by atoms with Crippen molar-refractivity contribution in [1.82, 2.24) is 0 Å². The van der Waals surface area contributed by atoms with Crippen LogP contribution in [0, 0.1) is 0 Å². The highest BCUT2D eigenvalue weighted by Crippen LogP contribution is 1.97. The summed E-state index contributed by atoms with van der Waals surface area (Å²) in [7, 11) is 0. The van der Waals surface area contributed by atoms with Crippen LogP contribution in [0.2, 0.25) is 0 Å². The summed E-state index contributed by atoms with van der Waals surface area (Å²) in [6, 6.07) is 0. The Kier molecular flexibility index (Phi) is 19.8. The molecule has 0 aromatic rings. The van der Waals surface area contributed by atoms with Crippen LogP contribution in [0.5, 0.6) is 0 Å². The Hall–Kier alpha value is -0.160. The molecule has 0 N–H and O–H groups in total. The van der Waals surface area contributed by atoms with E-state index in [9.17, 15) is 0 Å². The van der Waals surface area contributed by atoms with Gasteiger partial charge in [0.15, 0.2) is 0 Å². The average molecular weight is 335 g/mol. The SMILES string of the molecule is CC(C)OCCCCOC(C)C.CC(C)OCCCOC(C)C. The zero-order chi connectivity index (χ0) is 18.1. The van der Waals surface area contributed by atoms with Gasteiger partial charge in [-0.3, -0.25) is 0 Å². The lowest BCUT2D eigenvalue weighted by Gasteiger charge is -2.09. The second-order valence-electron chi connectivity index (χ2n) is 6.74. The van der Waals surface area contributed by atoms with Gasteiger partial charge in [-0.25, -0.2) is 0 Å². The first-order valence-corrected chi connectivity index (χ1v) is 9.22. The number of hydrogen-bond acceptors (Lipinski definition) is 4. The first-order valence-electron chi connectivity index (χ1n) is 9.22. The highest BCUT2D eigenvalue weighted by Gasteiger charge is 1.95. The summed E-state index contributed by atoms with van der Waals surface area (Å²) in [4.78, 5) is 0. The molecule has 142 valence electrons. The molecule has 0 aromatic heterocycles. The van der Waals surface area contributed by atoms with Crippen LogP contribution in [0.1, 0.15) is 74.7 Å². The topological polar surface area (TPSA) is 36.9 Å². The Bertz CT molecular complexity index is 193. The fourth-order valence-electron chi connectivity index (χ4n) is 1.54. The van der Waals surface area contributed by atoms with Crippen molar-refractivity contribution in [2.75, 3.05) is 26.4 Å². The molecular weight excluding hydrogens is 292 g/mol. The first-order chi connectivity index (χ1) is 10.8. The lowest BCUT2D eigenvalue weighted by molar-refractivity contribution is 0.0335. The molecule has 0 aromatic carbocycles. The van der Waals surface area contributed by atoms with Crippen LogP contribution in [0.25, 0.3) is 0 Å². The van der Waals surface area contributed by atoms with Crippen molar-refractivity contribution in [2.45, 2.75) is 99.1 Å². The van der Waals surface area contributed by atoms with Gasteiger partial charge in [0.1, 0.15) is 0 Å². The number of ether oxygens (including phenoxy) is 4. The maximum atomic E-state index is 5.39. The van der Waals surface area contributed by atoms with Gasteiger partial charge < -0.3 is 18.9 Å². The Morgan fingerprint density at radius 1 is 0.391 bits per heavy atom. The van der Waals surface area contributed by atoms with Crippen LogP contribution < -0.4 is 0 Å². The predicted molar refractivity (Wildman–Crippen MR) is 98.2 cm³/mol. The normalized spacial score (nSPS) is 11.5. The Balaban J connectivity index is 0. The monoisotopic (exact) mass is 334 g/mol. The van der Waals surface area contributed by atoms with Crippen LogP contribution in [-0.4, -0.2) is 50.8 Å². The molecule has 0 atom stereocenters. The zero-order valence-electron chi connectivity index (χ0n) is 16.9. The molecule has 23 heavy (non-hydrogen) atoms. The van der Waals surface area contributed by atoms with E-state index in [-0.39, 0.29) is 0 Å². The highest BCUT2D eigenvalue weighted by molar-refractivity contribution is 4.43. The summed E-state index contributed by atoms with van der Waals surface area (Å²) in [5, 5.41) is 0. The third kappa shape index (κ3) is 30.3. The van der Waals surface area contributed by atoms with Gasteiger partial charge in [0.25, 0.3) is 0 Å². The fourth-order valence-corrected chi connectivity index (χ4v) is 1.54. The first kappa shape index (κ1) is 25.1. The van der Waals surface area contributed by atoms with Gasteiger partial charge in [-0.05, 0) is 74.7 Å². The van der Waals surface area contributed by atoms with E-state index in [4.69, 9.17) is 18.9 Å². The van der Waals surface area contributed by atoms with Crippen LogP contribution in [0.3, 0.4) is 0 Å². The molecule has 4 nitrogen and oxygen atoms in total. The molecule has 0 aliphatic carbocycles. The van der Waals surface area contributed by atoms with Crippen LogP contribution in [0.15, 0.2) is 0 Å². The van der Waals surface area contributed by atoms with E-state index in [0.29, 0.717) is 24.4 Å². The van der Waals surface area contributed by atoms with E-state index in [0.717, 1.165) is 45.7 Å². The third-order valence-electron chi connectivity index (χ3n) is 2.63. The number of rotatable bonds is 13. The molecule has 0 radical (unpaired) electrons. The van der Waals surface area contributed by atoms with E-state index < -0.39 is 0 Å². The molecule has 0 rings (SSSR count). The lowest BCUT2D eigenvalue weighted by Crippen LogP contribution is -2.09. The Morgan fingerprint density at radius 2 is 0.609 bits per heavy atom. The Morgan fingerprint density at radius 3 is 0.826 bits per heavy atom. The van der Waals surface area contributed by atoms with Gasteiger partial charge in [0.2, 0.25) is 0 Å². The van der Waals surface area contributed by atoms with Gasteiger partial charge in [-0.2, -0.15) is 0 Å². The second kappa shape index (κ2) is 18.2. The standard InChI is InChI=1S/C10H22O2.C9H20O2/c1-9(2)11-7-5-6-8-12-10(3)4;1-8(2)10-6-5-7-11-9(3)4/h9-10H,5-8H2,1-4H3;8-9H,5-7H2,1-4H3. The molecule has 0 bridgehead atoms. The minimum Gasteiger partial charge on any atom is -0.379 e. The molecule has 0 saturated heterocycles. The van der Waals surface area contributed by atoms with Crippen molar-refractivity contribution in [2.24, 2.45) is 0 Å². The fraction of sp³-hybridized carbons (Fsp3) is 1.00. The van der Waals surface area contributed by atoms with Crippen molar-refractivity contribution in [3.8, 4) is 0 Å². The van der Waals surface area contributed by atoms with E-state index in [2.05, 4.69) is 27.7 Å². The minimum absolute atomic E-state index is 0.342. The lowest BCUT2D eigenvalue weighted by atomic mass is 10.3. The molecule has 0 amide bonds. The summed E-state index contributed by atoms with van der Waals surface area (Å²) >= 11 is 0. The highest BCUT2D eigenvalue weighted by atomic mass is 16.5. The minimum atomic E-state index is 0.342. The predicted octanol–water partition coefficient (Wildman–Crippen LogP) is 4.84. The van der Waals surface area contributed by atoms with Crippen LogP contribution in [-0.2, 0) is 18.9 Å². The summed E-state index contributed by atoms with van der Waals surface area (Å²) in [5.74, 6) is 0. The van der Waals surface area contributed by atoms with E-state index in [1.807, 2.05) is 27.7 Å². The Labute approximate surface area is 145 Å². The molecule has 0 aliphatic heterocycles. The van der Waals surface area contributed by atoms with E-state index in [1.54, 1.807) is 0 Å². The quantitative estimate of drug-likeness (QED) is 0.451. The van der Waals surface area contributed by atoms with Gasteiger partial charge in [-0.15, -0.1) is 0 Å².